The van der Waals surface area contributed by atoms with Gasteiger partial charge in [-0.05, 0) is 6.92 Å². The maximum atomic E-state index is 10.9. The normalized spacial score (nSPS) is 15.3. The minimum absolute atomic E-state index is 0.323. The van der Waals surface area contributed by atoms with E-state index in [2.05, 4.69) is 0 Å². The Hall–Kier alpha value is -0.650. The number of aliphatic hydroxyl groups excluding tert-OH is 1. The van der Waals surface area contributed by atoms with Crippen LogP contribution in [0.4, 0.5) is 0 Å². The molecule has 0 saturated carbocycles. The van der Waals surface area contributed by atoms with Crippen LogP contribution in [0.25, 0.3) is 0 Å². The quantitative estimate of drug-likeness (QED) is 0.520. The highest BCUT2D eigenvalue weighted by atomic mass is 16.6. The van der Waals surface area contributed by atoms with Gasteiger partial charge in [-0.2, -0.15) is 0 Å². The summed E-state index contributed by atoms with van der Waals surface area (Å²) in [6.07, 6.45) is -0.333. The summed E-state index contributed by atoms with van der Waals surface area (Å²) in [4.78, 5) is 10.9. The molecule has 12 heavy (non-hydrogen) atoms. The van der Waals surface area contributed by atoms with E-state index in [1.807, 2.05) is 0 Å². The Balaban J connectivity index is 3.67. The third kappa shape index (κ3) is 4.27. The van der Waals surface area contributed by atoms with Crippen molar-refractivity contribution in [3.8, 4) is 0 Å². The van der Waals surface area contributed by atoms with E-state index in [1.165, 1.54) is 7.11 Å². The molecule has 2 atom stereocenters. The predicted octanol–water partition coefficient (Wildman–Crippen LogP) is -1.12. The zero-order chi connectivity index (χ0) is 9.56. The van der Waals surface area contributed by atoms with Gasteiger partial charge in [-0.15, -0.1) is 0 Å². The van der Waals surface area contributed by atoms with Crippen LogP contribution in [-0.4, -0.2) is 43.5 Å². The largest absolute Gasteiger partial charge is 0.459 e. The fraction of sp³-hybridized carbons (Fsp3) is 0.857. The number of carbonyl (C=O) groups excluding carboxylic acids is 1. The molecule has 0 aliphatic heterocycles. The lowest BCUT2D eigenvalue weighted by atomic mass is 10.3. The molecule has 0 amide bonds. The van der Waals surface area contributed by atoms with Gasteiger partial charge in [-0.1, -0.05) is 0 Å². The number of methoxy groups -OCH3 is 1. The minimum atomic E-state index is -0.954. The van der Waals surface area contributed by atoms with Gasteiger partial charge in [0.25, 0.3) is 0 Å². The highest BCUT2D eigenvalue weighted by molar-refractivity contribution is 5.75. The Labute approximate surface area is 71.5 Å². The monoisotopic (exact) mass is 177 g/mol. The van der Waals surface area contributed by atoms with Crippen molar-refractivity contribution in [3.63, 3.8) is 0 Å². The maximum absolute atomic E-state index is 10.9. The van der Waals surface area contributed by atoms with Crippen LogP contribution in [0.1, 0.15) is 6.92 Å². The van der Waals surface area contributed by atoms with E-state index >= 15 is 0 Å². The van der Waals surface area contributed by atoms with Gasteiger partial charge in [0.2, 0.25) is 0 Å². The summed E-state index contributed by atoms with van der Waals surface area (Å²) in [6.45, 7) is 1.61. The Morgan fingerprint density at radius 3 is 2.67 bits per heavy atom. The molecule has 0 spiro atoms. The Morgan fingerprint density at radius 2 is 2.25 bits per heavy atom. The number of carbonyl (C=O) groups is 1. The second kappa shape index (κ2) is 5.93. The summed E-state index contributed by atoms with van der Waals surface area (Å²) in [6, 6.07) is -0.954. The highest BCUT2D eigenvalue weighted by Crippen LogP contribution is 1.94. The van der Waals surface area contributed by atoms with Crippen LogP contribution in [0.3, 0.4) is 0 Å². The van der Waals surface area contributed by atoms with E-state index in [0.717, 1.165) is 0 Å². The summed E-state index contributed by atoms with van der Waals surface area (Å²) in [7, 11) is 1.51. The number of ether oxygens (including phenoxy) is 2. The summed E-state index contributed by atoms with van der Waals surface area (Å²) in [5.74, 6) is -0.609. The van der Waals surface area contributed by atoms with E-state index in [0.29, 0.717) is 6.61 Å². The number of hydrogen-bond donors (Lipinski definition) is 2. The van der Waals surface area contributed by atoms with Gasteiger partial charge in [0, 0.05) is 7.11 Å². The number of rotatable bonds is 5. The molecule has 0 rings (SSSR count). The topological polar surface area (TPSA) is 81.8 Å². The molecule has 0 aromatic heterocycles. The molecule has 0 aromatic carbocycles. The molecule has 0 saturated heterocycles. The van der Waals surface area contributed by atoms with E-state index in [-0.39, 0.29) is 6.10 Å². The number of nitrogens with two attached hydrogens (primary N) is 1. The van der Waals surface area contributed by atoms with Crippen molar-refractivity contribution in [1.82, 2.24) is 0 Å². The summed E-state index contributed by atoms with van der Waals surface area (Å²) in [5, 5.41) is 8.49. The van der Waals surface area contributed by atoms with E-state index in [1.54, 1.807) is 6.92 Å². The van der Waals surface area contributed by atoms with Crippen molar-refractivity contribution < 1.29 is 19.4 Å². The Morgan fingerprint density at radius 1 is 1.67 bits per heavy atom. The van der Waals surface area contributed by atoms with Crippen LogP contribution in [0, 0.1) is 0 Å². The van der Waals surface area contributed by atoms with Crippen LogP contribution in [0.2, 0.25) is 0 Å². The molecular formula is C7H15NO4. The van der Waals surface area contributed by atoms with Crippen LogP contribution in [0.5, 0.6) is 0 Å². The first kappa shape index (κ1) is 11.4. The Bertz CT molecular complexity index is 139. The minimum Gasteiger partial charge on any atom is -0.459 e. The van der Waals surface area contributed by atoms with Crippen molar-refractivity contribution in [1.29, 1.82) is 0 Å². The van der Waals surface area contributed by atoms with Crippen molar-refractivity contribution >= 4 is 5.97 Å². The average molecular weight is 177 g/mol. The molecule has 5 heteroatoms. The first-order valence-corrected chi connectivity index (χ1v) is 3.67. The second-order valence-electron chi connectivity index (χ2n) is 2.49. The SMILES string of the molecule is COCC(C)OC(=O)[C@H](N)CO. The molecule has 0 bridgehead atoms. The fourth-order valence-corrected chi connectivity index (χ4v) is 0.629. The van der Waals surface area contributed by atoms with Crippen molar-refractivity contribution in [2.45, 2.75) is 19.1 Å². The van der Waals surface area contributed by atoms with Crippen molar-refractivity contribution in [2.24, 2.45) is 5.73 Å². The van der Waals surface area contributed by atoms with Gasteiger partial charge in [-0.3, -0.25) is 4.79 Å². The lowest BCUT2D eigenvalue weighted by Crippen LogP contribution is -2.38. The maximum Gasteiger partial charge on any atom is 0.325 e. The molecule has 0 aliphatic rings. The van der Waals surface area contributed by atoms with Crippen LogP contribution >= 0.6 is 0 Å². The number of esters is 1. The van der Waals surface area contributed by atoms with Crippen molar-refractivity contribution in [3.05, 3.63) is 0 Å². The molecule has 5 nitrogen and oxygen atoms in total. The predicted molar refractivity (Wildman–Crippen MR) is 42.5 cm³/mol. The van der Waals surface area contributed by atoms with Gasteiger partial charge in [0.1, 0.15) is 12.1 Å². The Kier molecular flexibility index (Phi) is 5.61. The van der Waals surface area contributed by atoms with Gasteiger partial charge in [0.15, 0.2) is 0 Å². The fourth-order valence-electron chi connectivity index (χ4n) is 0.629. The molecule has 0 radical (unpaired) electrons. The summed E-state index contributed by atoms with van der Waals surface area (Å²) in [5.41, 5.74) is 5.20. The van der Waals surface area contributed by atoms with Crippen LogP contribution < -0.4 is 5.73 Å². The van der Waals surface area contributed by atoms with Gasteiger partial charge >= 0.3 is 5.97 Å². The molecule has 0 heterocycles. The van der Waals surface area contributed by atoms with Gasteiger partial charge < -0.3 is 20.3 Å². The first-order chi connectivity index (χ1) is 5.61. The summed E-state index contributed by atoms with van der Waals surface area (Å²) >= 11 is 0. The molecule has 0 aromatic rings. The van der Waals surface area contributed by atoms with Crippen LogP contribution in [0.15, 0.2) is 0 Å². The smallest absolute Gasteiger partial charge is 0.325 e. The lowest BCUT2D eigenvalue weighted by Gasteiger charge is -2.14. The molecule has 0 fully saturated rings. The zero-order valence-corrected chi connectivity index (χ0v) is 7.32. The standard InChI is InChI=1S/C7H15NO4/c1-5(4-11-2)12-7(10)6(8)3-9/h5-6,9H,3-4,8H2,1-2H3/t5?,6-/m1/s1. The van der Waals surface area contributed by atoms with E-state index < -0.39 is 18.6 Å². The first-order valence-electron chi connectivity index (χ1n) is 3.67. The number of aliphatic hydroxyl groups is 1. The van der Waals surface area contributed by atoms with E-state index in [4.69, 9.17) is 20.3 Å². The molecular weight excluding hydrogens is 162 g/mol. The third-order valence-corrected chi connectivity index (χ3v) is 1.22. The third-order valence-electron chi connectivity index (χ3n) is 1.22. The van der Waals surface area contributed by atoms with Gasteiger partial charge in [-0.25, -0.2) is 0 Å². The number of hydrogen-bond acceptors (Lipinski definition) is 5. The second-order valence-corrected chi connectivity index (χ2v) is 2.49. The molecule has 0 aliphatic carbocycles. The lowest BCUT2D eigenvalue weighted by molar-refractivity contribution is -0.153. The molecule has 1 unspecified atom stereocenters. The van der Waals surface area contributed by atoms with Crippen molar-refractivity contribution in [2.75, 3.05) is 20.3 Å². The molecule has 72 valence electrons. The van der Waals surface area contributed by atoms with Crippen LogP contribution in [-0.2, 0) is 14.3 Å². The summed E-state index contributed by atoms with van der Waals surface area (Å²) < 4.78 is 9.53. The average Bonchev–Trinajstić information content (AvgIpc) is 2.03. The van der Waals surface area contributed by atoms with Gasteiger partial charge in [0.05, 0.1) is 13.2 Å². The zero-order valence-electron chi connectivity index (χ0n) is 7.32. The molecule has 3 N–H and O–H groups in total. The van der Waals surface area contributed by atoms with E-state index in [9.17, 15) is 4.79 Å². The highest BCUT2D eigenvalue weighted by Gasteiger charge is 2.16.